The van der Waals surface area contributed by atoms with Gasteiger partial charge in [0.05, 0.1) is 41.2 Å². The van der Waals surface area contributed by atoms with Gasteiger partial charge < -0.3 is 15.5 Å². The number of piperazine rings is 1. The maximum Gasteiger partial charge on any atom is 0.134 e. The fourth-order valence-corrected chi connectivity index (χ4v) is 6.38. The van der Waals surface area contributed by atoms with E-state index in [9.17, 15) is 9.65 Å². The van der Waals surface area contributed by atoms with E-state index in [-0.39, 0.29) is 0 Å². The summed E-state index contributed by atoms with van der Waals surface area (Å²) >= 11 is 0. The zero-order valence-corrected chi connectivity index (χ0v) is 21.9. The number of rotatable bonds is 4. The molecule has 8 nitrogen and oxygen atoms in total. The number of hydrogen-bond acceptors (Lipinski definition) is 8. The van der Waals surface area contributed by atoms with E-state index in [4.69, 9.17) is 10.7 Å². The summed E-state index contributed by atoms with van der Waals surface area (Å²) in [6.07, 6.45) is 3.74. The lowest BCUT2D eigenvalue weighted by atomic mass is 10.0. The molecule has 3 aromatic rings. The first-order chi connectivity index (χ1) is 18.5. The van der Waals surface area contributed by atoms with Crippen LogP contribution in [0, 0.1) is 11.3 Å². The van der Waals surface area contributed by atoms with E-state index in [0.717, 1.165) is 68.0 Å². The van der Waals surface area contributed by atoms with Gasteiger partial charge in [0.2, 0.25) is 0 Å². The number of nitriles is 1. The maximum absolute atomic E-state index is 13.8. The Morgan fingerprint density at radius 2 is 1.92 bits per heavy atom. The number of halogens is 1. The maximum atomic E-state index is 13.8. The number of nitrogens with two attached hydrogens (primary N) is 1. The lowest BCUT2D eigenvalue weighted by Crippen LogP contribution is -2.58. The summed E-state index contributed by atoms with van der Waals surface area (Å²) in [4.78, 5) is 18.8. The number of benzene rings is 1. The summed E-state index contributed by atoms with van der Waals surface area (Å²) in [5.41, 5.74) is 10.4. The van der Waals surface area contributed by atoms with E-state index in [1.165, 1.54) is 5.69 Å². The van der Waals surface area contributed by atoms with Crippen LogP contribution in [0.2, 0.25) is 0 Å². The fourth-order valence-electron chi connectivity index (χ4n) is 6.38. The Hall–Kier alpha value is -3.32. The Labute approximate surface area is 223 Å². The van der Waals surface area contributed by atoms with Crippen molar-refractivity contribution in [1.29, 1.82) is 5.26 Å². The zero-order valence-electron chi connectivity index (χ0n) is 21.9. The van der Waals surface area contributed by atoms with Crippen LogP contribution < -0.4 is 15.5 Å². The second-order valence-electron chi connectivity index (χ2n) is 10.9. The standard InChI is InChI=1S/C29H35FN8/c1-20-15-37(28-7-4-21(13-31)29-25(28)3-2-9-33-29)17-24-8-10-35(11-12-38(20)24)16-22-5-6-23(14-34-22)36-18-26(30)27(32)19-36/h2-7,9,14,20,24,26-27H,8,10-12,15-19,32H2,1H3. The van der Waals surface area contributed by atoms with Crippen molar-refractivity contribution in [3.63, 3.8) is 0 Å². The minimum Gasteiger partial charge on any atom is -0.368 e. The van der Waals surface area contributed by atoms with Gasteiger partial charge in [-0.1, -0.05) is 0 Å². The summed E-state index contributed by atoms with van der Waals surface area (Å²) < 4.78 is 13.8. The van der Waals surface area contributed by atoms with Crippen molar-refractivity contribution in [3.8, 4) is 6.07 Å². The molecule has 3 fully saturated rings. The average Bonchev–Trinajstić information content (AvgIpc) is 3.14. The monoisotopic (exact) mass is 514 g/mol. The second-order valence-corrected chi connectivity index (χ2v) is 10.9. The molecule has 5 heterocycles. The highest BCUT2D eigenvalue weighted by Gasteiger charge is 2.35. The van der Waals surface area contributed by atoms with Crippen LogP contribution in [0.1, 0.15) is 24.6 Å². The topological polar surface area (TPSA) is 88.5 Å². The fraction of sp³-hybridized carbons (Fsp3) is 0.483. The molecular formula is C29H35FN8. The number of hydrogen-bond donors (Lipinski definition) is 1. The largest absolute Gasteiger partial charge is 0.368 e. The van der Waals surface area contributed by atoms with Gasteiger partial charge in [0.1, 0.15) is 12.2 Å². The Kier molecular flexibility index (Phi) is 6.87. The van der Waals surface area contributed by atoms with Crippen molar-refractivity contribution in [3.05, 3.63) is 60.0 Å². The van der Waals surface area contributed by atoms with E-state index in [0.29, 0.717) is 30.7 Å². The minimum atomic E-state index is -0.976. The van der Waals surface area contributed by atoms with Gasteiger partial charge in [-0.2, -0.15) is 5.26 Å². The smallest absolute Gasteiger partial charge is 0.134 e. The number of alkyl halides is 1. The van der Waals surface area contributed by atoms with E-state index in [2.05, 4.69) is 50.9 Å². The van der Waals surface area contributed by atoms with Gasteiger partial charge in [0.25, 0.3) is 0 Å². The van der Waals surface area contributed by atoms with Crippen LogP contribution in [0.4, 0.5) is 15.8 Å². The molecule has 3 saturated heterocycles. The van der Waals surface area contributed by atoms with Crippen molar-refractivity contribution in [2.45, 2.75) is 44.2 Å². The molecule has 0 spiro atoms. The SMILES string of the molecule is CC1CN(c2ccc(C#N)c3ncccc23)CC2CCN(Cc3ccc(N4CC(N)C(F)C4)cn3)CCN12. The highest BCUT2D eigenvalue weighted by atomic mass is 19.1. The zero-order chi connectivity index (χ0) is 26.2. The summed E-state index contributed by atoms with van der Waals surface area (Å²) in [6, 6.07) is 14.9. The molecule has 1 aromatic carbocycles. The first kappa shape index (κ1) is 25.0. The highest BCUT2D eigenvalue weighted by molar-refractivity contribution is 5.95. The number of aromatic nitrogens is 2. The quantitative estimate of drug-likeness (QED) is 0.569. The normalized spacial score (nSPS) is 26.8. The first-order valence-electron chi connectivity index (χ1n) is 13.6. The van der Waals surface area contributed by atoms with Crippen LogP contribution in [0.3, 0.4) is 0 Å². The number of nitrogens with zero attached hydrogens (tertiary/aromatic N) is 7. The number of fused-ring (bicyclic) bond motifs is 2. The highest BCUT2D eigenvalue weighted by Crippen LogP contribution is 2.32. The van der Waals surface area contributed by atoms with Crippen molar-refractivity contribution < 1.29 is 4.39 Å². The lowest BCUT2D eigenvalue weighted by Gasteiger charge is -2.46. The van der Waals surface area contributed by atoms with E-state index in [1.807, 2.05) is 29.3 Å². The summed E-state index contributed by atoms with van der Waals surface area (Å²) in [6.45, 7) is 9.01. The van der Waals surface area contributed by atoms with Crippen LogP contribution >= 0.6 is 0 Å². The van der Waals surface area contributed by atoms with E-state index in [1.54, 1.807) is 6.20 Å². The number of anilines is 2. The third-order valence-electron chi connectivity index (χ3n) is 8.46. The van der Waals surface area contributed by atoms with Crippen LogP contribution in [-0.4, -0.2) is 89.9 Å². The molecule has 4 atom stereocenters. The number of pyridine rings is 2. The van der Waals surface area contributed by atoms with Crippen LogP contribution in [0.5, 0.6) is 0 Å². The van der Waals surface area contributed by atoms with Gasteiger partial charge in [-0.25, -0.2) is 4.39 Å². The average molecular weight is 515 g/mol. The van der Waals surface area contributed by atoms with Crippen molar-refractivity contribution >= 4 is 22.3 Å². The Balaban J connectivity index is 1.12. The van der Waals surface area contributed by atoms with Gasteiger partial charge in [0, 0.05) is 75.2 Å². The lowest BCUT2D eigenvalue weighted by molar-refractivity contribution is 0.127. The molecule has 198 valence electrons. The van der Waals surface area contributed by atoms with Crippen LogP contribution in [0.25, 0.3) is 10.9 Å². The summed E-state index contributed by atoms with van der Waals surface area (Å²) in [5, 5.41) is 10.6. The predicted molar refractivity (Wildman–Crippen MR) is 148 cm³/mol. The molecule has 6 rings (SSSR count). The molecule has 2 N–H and O–H groups in total. The van der Waals surface area contributed by atoms with Gasteiger partial charge in [0.15, 0.2) is 0 Å². The molecule has 0 bridgehead atoms. The van der Waals surface area contributed by atoms with Crippen molar-refractivity contribution in [2.24, 2.45) is 5.73 Å². The Bertz CT molecular complexity index is 1310. The molecular weight excluding hydrogens is 479 g/mol. The molecule has 0 amide bonds. The minimum absolute atomic E-state index is 0.343. The molecule has 2 aromatic heterocycles. The van der Waals surface area contributed by atoms with Crippen molar-refractivity contribution in [2.75, 3.05) is 55.6 Å². The third-order valence-corrected chi connectivity index (χ3v) is 8.46. The second kappa shape index (κ2) is 10.4. The van der Waals surface area contributed by atoms with Gasteiger partial charge in [-0.15, -0.1) is 0 Å². The molecule has 4 unspecified atom stereocenters. The molecule has 9 heteroatoms. The predicted octanol–water partition coefficient (Wildman–Crippen LogP) is 2.77. The van der Waals surface area contributed by atoms with Crippen LogP contribution in [0.15, 0.2) is 48.8 Å². The molecule has 0 aliphatic carbocycles. The Morgan fingerprint density at radius 3 is 2.68 bits per heavy atom. The molecule has 3 aliphatic heterocycles. The summed E-state index contributed by atoms with van der Waals surface area (Å²) in [7, 11) is 0. The first-order valence-corrected chi connectivity index (χ1v) is 13.6. The third kappa shape index (κ3) is 4.80. The Morgan fingerprint density at radius 1 is 1.03 bits per heavy atom. The van der Waals surface area contributed by atoms with Crippen molar-refractivity contribution in [1.82, 2.24) is 19.8 Å². The van der Waals surface area contributed by atoms with E-state index >= 15 is 0 Å². The van der Waals surface area contributed by atoms with E-state index < -0.39 is 12.2 Å². The molecule has 3 aliphatic rings. The molecule has 38 heavy (non-hydrogen) atoms. The van der Waals surface area contributed by atoms with Gasteiger partial charge >= 0.3 is 0 Å². The van der Waals surface area contributed by atoms with Gasteiger partial charge in [-0.05, 0) is 49.7 Å². The van der Waals surface area contributed by atoms with Crippen LogP contribution in [-0.2, 0) is 6.54 Å². The summed E-state index contributed by atoms with van der Waals surface area (Å²) in [5.74, 6) is 0. The molecule has 0 radical (unpaired) electrons. The molecule has 0 saturated carbocycles. The van der Waals surface area contributed by atoms with Gasteiger partial charge in [-0.3, -0.25) is 19.8 Å².